The van der Waals surface area contributed by atoms with Crippen molar-refractivity contribution < 1.29 is 9.18 Å². The van der Waals surface area contributed by atoms with Crippen LogP contribution < -0.4 is 0 Å². The number of halogens is 1. The fourth-order valence-corrected chi connectivity index (χ4v) is 4.56. The number of fused-ring (bicyclic) bond motifs is 1. The summed E-state index contributed by atoms with van der Waals surface area (Å²) >= 11 is 0. The number of carbonyl (C=O) groups is 1. The van der Waals surface area contributed by atoms with Gasteiger partial charge in [0.25, 0.3) is 5.91 Å². The SMILES string of the molecule is CN(C)CCN(C[C@H]1CCCN(Cc2ccccc2F)C1)C(=O)c1cccc2nccnc12. The van der Waals surface area contributed by atoms with Crippen LogP contribution in [0.5, 0.6) is 0 Å². The topological polar surface area (TPSA) is 52.6 Å². The Bertz CT molecular complexity index is 1080. The van der Waals surface area contributed by atoms with Gasteiger partial charge in [-0.3, -0.25) is 19.7 Å². The summed E-state index contributed by atoms with van der Waals surface area (Å²) < 4.78 is 14.2. The molecule has 0 saturated carbocycles. The summed E-state index contributed by atoms with van der Waals surface area (Å²) in [5.41, 5.74) is 2.70. The first-order chi connectivity index (χ1) is 16.0. The van der Waals surface area contributed by atoms with E-state index in [2.05, 4.69) is 19.8 Å². The third kappa shape index (κ3) is 5.92. The van der Waals surface area contributed by atoms with Crippen LogP contribution in [-0.2, 0) is 6.54 Å². The summed E-state index contributed by atoms with van der Waals surface area (Å²) in [6, 6.07) is 12.6. The van der Waals surface area contributed by atoms with Gasteiger partial charge in [-0.05, 0) is 57.6 Å². The van der Waals surface area contributed by atoms with Crippen LogP contribution in [0.15, 0.2) is 54.9 Å². The van der Waals surface area contributed by atoms with Crippen molar-refractivity contribution in [3.63, 3.8) is 0 Å². The Balaban J connectivity index is 1.49. The molecule has 0 unspecified atom stereocenters. The fraction of sp³-hybridized carbons (Fsp3) is 0.423. The van der Waals surface area contributed by atoms with E-state index in [4.69, 9.17) is 0 Å². The minimum atomic E-state index is -0.153. The first-order valence-corrected chi connectivity index (χ1v) is 11.6. The lowest BCUT2D eigenvalue weighted by atomic mass is 9.96. The van der Waals surface area contributed by atoms with Crippen LogP contribution in [-0.4, -0.2) is 77.4 Å². The minimum Gasteiger partial charge on any atom is -0.337 e. The lowest BCUT2D eigenvalue weighted by molar-refractivity contribution is 0.0661. The molecule has 1 aromatic heterocycles. The highest BCUT2D eigenvalue weighted by Crippen LogP contribution is 2.23. The number of hydrogen-bond acceptors (Lipinski definition) is 5. The maximum atomic E-state index is 14.2. The molecule has 0 radical (unpaired) electrons. The van der Waals surface area contributed by atoms with E-state index in [-0.39, 0.29) is 11.7 Å². The van der Waals surface area contributed by atoms with Gasteiger partial charge in [0.2, 0.25) is 0 Å². The van der Waals surface area contributed by atoms with Crippen LogP contribution in [0.25, 0.3) is 11.0 Å². The van der Waals surface area contributed by atoms with Crippen LogP contribution in [0.4, 0.5) is 4.39 Å². The van der Waals surface area contributed by atoms with Crippen molar-refractivity contribution in [3.05, 3.63) is 71.8 Å². The Labute approximate surface area is 195 Å². The average Bonchev–Trinajstić information content (AvgIpc) is 2.82. The van der Waals surface area contributed by atoms with Crippen LogP contribution >= 0.6 is 0 Å². The lowest BCUT2D eigenvalue weighted by Crippen LogP contribution is -2.44. The second kappa shape index (κ2) is 10.8. The molecule has 3 aromatic rings. The predicted molar refractivity (Wildman–Crippen MR) is 128 cm³/mol. The second-order valence-corrected chi connectivity index (χ2v) is 9.12. The molecule has 1 saturated heterocycles. The van der Waals surface area contributed by atoms with E-state index in [1.807, 2.05) is 49.3 Å². The quantitative estimate of drug-likeness (QED) is 0.525. The van der Waals surface area contributed by atoms with Gasteiger partial charge in [-0.2, -0.15) is 0 Å². The van der Waals surface area contributed by atoms with Crippen molar-refractivity contribution in [2.75, 3.05) is 46.8 Å². The standard InChI is InChI=1S/C26H32FN5O/c1-30(2)15-16-32(26(33)22-9-5-11-24-25(22)29-13-12-28-24)18-20-7-6-14-31(17-20)19-21-8-3-4-10-23(21)27/h3-5,8-13,20H,6-7,14-19H2,1-2H3/t20-/m0/s1. The average molecular weight is 450 g/mol. The highest BCUT2D eigenvalue weighted by atomic mass is 19.1. The zero-order chi connectivity index (χ0) is 23.2. The molecule has 0 aliphatic carbocycles. The molecule has 174 valence electrons. The van der Waals surface area contributed by atoms with Crippen molar-refractivity contribution in [1.29, 1.82) is 0 Å². The Hall–Kier alpha value is -2.90. The molecule has 4 rings (SSSR count). The molecular formula is C26H32FN5O. The lowest BCUT2D eigenvalue weighted by Gasteiger charge is -2.36. The number of para-hydroxylation sites is 1. The van der Waals surface area contributed by atoms with E-state index in [0.717, 1.165) is 43.6 Å². The molecule has 1 aliphatic rings. The summed E-state index contributed by atoms with van der Waals surface area (Å²) in [5.74, 6) is 0.186. The number of piperidine rings is 1. The number of carbonyl (C=O) groups excluding carboxylic acids is 1. The van der Waals surface area contributed by atoms with Crippen molar-refractivity contribution in [2.45, 2.75) is 19.4 Å². The maximum Gasteiger partial charge on any atom is 0.256 e. The first-order valence-electron chi connectivity index (χ1n) is 11.6. The Kier molecular flexibility index (Phi) is 7.62. The molecule has 2 heterocycles. The van der Waals surface area contributed by atoms with Crippen molar-refractivity contribution in [2.24, 2.45) is 5.92 Å². The maximum absolute atomic E-state index is 14.2. The third-order valence-electron chi connectivity index (χ3n) is 6.27. The fourth-order valence-electron chi connectivity index (χ4n) is 4.56. The molecule has 1 atom stereocenters. The number of likely N-dealkylation sites (tertiary alicyclic amines) is 1. The Morgan fingerprint density at radius 1 is 1.09 bits per heavy atom. The van der Waals surface area contributed by atoms with E-state index in [1.165, 1.54) is 6.07 Å². The number of likely N-dealkylation sites (N-methyl/N-ethyl adjacent to an activating group) is 1. The highest BCUT2D eigenvalue weighted by molar-refractivity contribution is 6.04. The zero-order valence-corrected chi connectivity index (χ0v) is 19.5. The third-order valence-corrected chi connectivity index (χ3v) is 6.27. The number of benzene rings is 2. The smallest absolute Gasteiger partial charge is 0.256 e. The Morgan fingerprint density at radius 3 is 2.73 bits per heavy atom. The van der Waals surface area contributed by atoms with E-state index in [1.54, 1.807) is 18.5 Å². The molecule has 0 bridgehead atoms. The van der Waals surface area contributed by atoms with Gasteiger partial charge in [-0.1, -0.05) is 24.3 Å². The molecule has 33 heavy (non-hydrogen) atoms. The van der Waals surface area contributed by atoms with Gasteiger partial charge in [0.1, 0.15) is 11.3 Å². The van der Waals surface area contributed by atoms with Gasteiger partial charge in [0.05, 0.1) is 11.1 Å². The van der Waals surface area contributed by atoms with Crippen LogP contribution in [0, 0.1) is 11.7 Å². The number of hydrogen-bond donors (Lipinski definition) is 0. The zero-order valence-electron chi connectivity index (χ0n) is 19.5. The molecule has 1 amide bonds. The summed E-state index contributed by atoms with van der Waals surface area (Å²) in [7, 11) is 4.03. The molecule has 0 N–H and O–H groups in total. The van der Waals surface area contributed by atoms with Crippen molar-refractivity contribution in [3.8, 4) is 0 Å². The Morgan fingerprint density at radius 2 is 1.91 bits per heavy atom. The summed E-state index contributed by atoms with van der Waals surface area (Å²) in [6.45, 7) is 4.52. The molecule has 7 heteroatoms. The molecule has 1 aliphatic heterocycles. The normalized spacial score (nSPS) is 16.9. The van der Waals surface area contributed by atoms with Gasteiger partial charge < -0.3 is 9.80 Å². The second-order valence-electron chi connectivity index (χ2n) is 9.12. The van der Waals surface area contributed by atoms with Gasteiger partial charge in [-0.25, -0.2) is 4.39 Å². The number of amides is 1. The van der Waals surface area contributed by atoms with Gasteiger partial charge in [-0.15, -0.1) is 0 Å². The predicted octanol–water partition coefficient (Wildman–Crippen LogP) is 3.68. The molecule has 1 fully saturated rings. The van der Waals surface area contributed by atoms with E-state index in [0.29, 0.717) is 36.6 Å². The van der Waals surface area contributed by atoms with Gasteiger partial charge >= 0.3 is 0 Å². The van der Waals surface area contributed by atoms with E-state index < -0.39 is 0 Å². The first kappa shape index (κ1) is 23.3. The van der Waals surface area contributed by atoms with Crippen LogP contribution in [0.2, 0.25) is 0 Å². The van der Waals surface area contributed by atoms with Crippen LogP contribution in [0.1, 0.15) is 28.8 Å². The highest BCUT2D eigenvalue weighted by Gasteiger charge is 2.26. The van der Waals surface area contributed by atoms with Crippen molar-refractivity contribution in [1.82, 2.24) is 24.7 Å². The van der Waals surface area contributed by atoms with Crippen molar-refractivity contribution >= 4 is 16.9 Å². The monoisotopic (exact) mass is 449 g/mol. The minimum absolute atomic E-state index is 0.00539. The largest absolute Gasteiger partial charge is 0.337 e. The van der Waals surface area contributed by atoms with Crippen LogP contribution in [0.3, 0.4) is 0 Å². The number of nitrogens with zero attached hydrogens (tertiary/aromatic N) is 5. The molecule has 6 nitrogen and oxygen atoms in total. The van der Waals surface area contributed by atoms with E-state index >= 15 is 0 Å². The summed E-state index contributed by atoms with van der Waals surface area (Å²) in [5, 5.41) is 0. The summed E-state index contributed by atoms with van der Waals surface area (Å²) in [6.07, 6.45) is 5.39. The molecule has 2 aromatic carbocycles. The van der Waals surface area contributed by atoms with Gasteiger partial charge in [0.15, 0.2) is 0 Å². The van der Waals surface area contributed by atoms with Gasteiger partial charge in [0, 0.05) is 50.7 Å². The molecule has 0 spiro atoms. The van der Waals surface area contributed by atoms with E-state index in [9.17, 15) is 9.18 Å². The number of rotatable bonds is 8. The number of aromatic nitrogens is 2. The molecular weight excluding hydrogens is 417 g/mol. The summed E-state index contributed by atoms with van der Waals surface area (Å²) in [4.78, 5) is 28.8.